The van der Waals surface area contributed by atoms with Crippen LogP contribution in [-0.2, 0) is 9.09 Å². The van der Waals surface area contributed by atoms with Gasteiger partial charge in [-0.05, 0) is 6.92 Å². The van der Waals surface area contributed by atoms with Crippen molar-refractivity contribution in [3.05, 3.63) is 0 Å². The molecule has 0 aromatic carbocycles. The molecular weight excluding hydrogens is 269 g/mol. The van der Waals surface area contributed by atoms with Crippen molar-refractivity contribution in [2.75, 3.05) is 6.67 Å². The first-order valence-electron chi connectivity index (χ1n) is 3.53. The molecule has 0 amide bonds. The van der Waals surface area contributed by atoms with Crippen molar-refractivity contribution >= 4 is 7.82 Å². The maximum absolute atomic E-state index is 13.1. The zero-order chi connectivity index (χ0) is 13.4. The summed E-state index contributed by atoms with van der Waals surface area (Å²) in [6, 6.07) is 0. The molecule has 0 heterocycles. The number of rotatable bonds is 4. The molecule has 2 atom stereocenters. The summed E-state index contributed by atoms with van der Waals surface area (Å²) in [4.78, 5) is 16.1. The lowest BCUT2D eigenvalue weighted by molar-refractivity contribution is -0.349. The summed E-state index contributed by atoms with van der Waals surface area (Å²) in [5.41, 5.74) is -4.29. The molecular formula is C5H7F6O4P. The van der Waals surface area contributed by atoms with E-state index in [1.165, 1.54) is 0 Å². The standard InChI is InChI=1S/C5H7F6O4P/c1-3(7,2-6)4(8,5(9,10)11)15-16(12,13)14/h2H2,1H3,(H2,12,13,14). The van der Waals surface area contributed by atoms with Gasteiger partial charge >= 0.3 is 19.9 Å². The third-order valence-corrected chi connectivity index (χ3v) is 2.02. The molecule has 0 bridgehead atoms. The maximum atomic E-state index is 13.1. The second kappa shape index (κ2) is 4.17. The molecule has 0 fully saturated rings. The summed E-state index contributed by atoms with van der Waals surface area (Å²) in [6.07, 6.45) is -6.15. The third-order valence-electron chi connectivity index (χ3n) is 1.53. The van der Waals surface area contributed by atoms with Crippen molar-refractivity contribution in [3.8, 4) is 0 Å². The van der Waals surface area contributed by atoms with Crippen molar-refractivity contribution in [1.82, 2.24) is 0 Å². The van der Waals surface area contributed by atoms with Crippen molar-refractivity contribution in [3.63, 3.8) is 0 Å². The Hall–Kier alpha value is -0.310. The average molecular weight is 276 g/mol. The maximum Gasteiger partial charge on any atom is 0.472 e. The van der Waals surface area contributed by atoms with Gasteiger partial charge in [0.05, 0.1) is 0 Å². The van der Waals surface area contributed by atoms with Crippen LogP contribution in [0.2, 0.25) is 0 Å². The molecule has 0 aromatic heterocycles. The average Bonchev–Trinajstić information content (AvgIpc) is 1.98. The van der Waals surface area contributed by atoms with Crippen LogP contribution in [0.25, 0.3) is 0 Å². The van der Waals surface area contributed by atoms with Crippen molar-refractivity contribution in [2.24, 2.45) is 0 Å². The van der Waals surface area contributed by atoms with Gasteiger partial charge in [0.15, 0.2) is 0 Å². The molecule has 11 heteroatoms. The predicted octanol–water partition coefficient (Wildman–Crippen LogP) is 2.02. The molecule has 98 valence electrons. The number of hydrogen-bond donors (Lipinski definition) is 2. The van der Waals surface area contributed by atoms with E-state index < -0.39 is 32.2 Å². The fourth-order valence-electron chi connectivity index (χ4n) is 0.692. The van der Waals surface area contributed by atoms with Crippen LogP contribution in [0.15, 0.2) is 0 Å². The highest BCUT2D eigenvalue weighted by atomic mass is 31.2. The second-order valence-electron chi connectivity index (χ2n) is 3.01. The molecule has 4 nitrogen and oxygen atoms in total. The lowest BCUT2D eigenvalue weighted by Gasteiger charge is -2.35. The lowest BCUT2D eigenvalue weighted by Crippen LogP contribution is -2.58. The van der Waals surface area contributed by atoms with Crippen LogP contribution in [0.3, 0.4) is 0 Å². The van der Waals surface area contributed by atoms with Gasteiger partial charge in [-0.25, -0.2) is 17.9 Å². The largest absolute Gasteiger partial charge is 0.472 e. The molecule has 0 saturated carbocycles. The van der Waals surface area contributed by atoms with E-state index in [4.69, 9.17) is 9.79 Å². The number of phosphoric acid groups is 1. The first kappa shape index (κ1) is 15.7. The number of alkyl halides is 6. The van der Waals surface area contributed by atoms with Gasteiger partial charge in [0, 0.05) is 0 Å². The van der Waals surface area contributed by atoms with Gasteiger partial charge in [-0.15, -0.1) is 0 Å². The van der Waals surface area contributed by atoms with Crippen LogP contribution < -0.4 is 0 Å². The highest BCUT2D eigenvalue weighted by molar-refractivity contribution is 7.46. The zero-order valence-electron chi connectivity index (χ0n) is 7.63. The summed E-state index contributed by atoms with van der Waals surface area (Å²) in [5, 5.41) is 0. The topological polar surface area (TPSA) is 66.8 Å². The Balaban J connectivity index is 5.48. The summed E-state index contributed by atoms with van der Waals surface area (Å²) in [7, 11) is -5.99. The third kappa shape index (κ3) is 3.09. The SMILES string of the molecule is CC(F)(CF)C(F)(OP(=O)(O)O)C(F)(F)F. The van der Waals surface area contributed by atoms with Gasteiger partial charge in [0.1, 0.15) is 6.67 Å². The van der Waals surface area contributed by atoms with Gasteiger partial charge in [0.2, 0.25) is 5.67 Å². The molecule has 0 aliphatic heterocycles. The summed E-state index contributed by atoms with van der Waals surface area (Å²) < 4.78 is 87.0. The van der Waals surface area contributed by atoms with Gasteiger partial charge in [-0.1, -0.05) is 0 Å². The fourth-order valence-corrected chi connectivity index (χ4v) is 1.31. The van der Waals surface area contributed by atoms with Crippen LogP contribution in [0.4, 0.5) is 26.3 Å². The monoisotopic (exact) mass is 276 g/mol. The first-order chi connectivity index (χ1) is 6.77. The Morgan fingerprint density at radius 3 is 1.75 bits per heavy atom. The second-order valence-corrected chi connectivity index (χ2v) is 4.17. The zero-order valence-corrected chi connectivity index (χ0v) is 8.53. The molecule has 2 N–H and O–H groups in total. The van der Waals surface area contributed by atoms with Crippen molar-refractivity contribution < 1.29 is 45.2 Å². The van der Waals surface area contributed by atoms with E-state index in [-0.39, 0.29) is 6.92 Å². The van der Waals surface area contributed by atoms with Crippen LogP contribution >= 0.6 is 7.82 Å². The fraction of sp³-hybridized carbons (Fsp3) is 1.00. The van der Waals surface area contributed by atoms with Crippen LogP contribution in [-0.4, -0.2) is 34.2 Å². The van der Waals surface area contributed by atoms with Gasteiger partial charge in [-0.3, -0.25) is 0 Å². The first-order valence-corrected chi connectivity index (χ1v) is 5.07. The Kier molecular flexibility index (Phi) is 4.09. The van der Waals surface area contributed by atoms with E-state index in [0.717, 1.165) is 0 Å². The van der Waals surface area contributed by atoms with Crippen LogP contribution in [0.1, 0.15) is 6.92 Å². The van der Waals surface area contributed by atoms with Crippen LogP contribution in [0, 0.1) is 0 Å². The number of halogens is 6. The molecule has 0 saturated heterocycles. The number of hydrogen-bond acceptors (Lipinski definition) is 2. The van der Waals surface area contributed by atoms with E-state index in [1.807, 2.05) is 0 Å². The minimum absolute atomic E-state index is 0.170. The quantitative estimate of drug-likeness (QED) is 0.609. The summed E-state index contributed by atoms with van der Waals surface area (Å²) >= 11 is 0. The molecule has 16 heavy (non-hydrogen) atoms. The molecule has 0 spiro atoms. The molecule has 2 unspecified atom stereocenters. The number of phosphoric ester groups is 1. The summed E-state index contributed by atoms with van der Waals surface area (Å²) in [6.45, 7) is -2.65. The molecule has 0 rings (SSSR count). The Labute approximate surface area is 85.4 Å². The molecule has 0 radical (unpaired) electrons. The van der Waals surface area contributed by atoms with Gasteiger partial charge in [-0.2, -0.15) is 17.6 Å². The highest BCUT2D eigenvalue weighted by Gasteiger charge is 2.71. The Morgan fingerprint density at radius 1 is 1.19 bits per heavy atom. The van der Waals surface area contributed by atoms with Crippen molar-refractivity contribution in [2.45, 2.75) is 24.6 Å². The lowest BCUT2D eigenvalue weighted by atomic mass is 10.00. The van der Waals surface area contributed by atoms with Crippen molar-refractivity contribution in [1.29, 1.82) is 0 Å². The highest BCUT2D eigenvalue weighted by Crippen LogP contribution is 2.54. The minimum Gasteiger partial charge on any atom is -0.303 e. The minimum atomic E-state index is -6.15. The Morgan fingerprint density at radius 2 is 1.56 bits per heavy atom. The van der Waals surface area contributed by atoms with E-state index >= 15 is 0 Å². The summed E-state index contributed by atoms with van der Waals surface area (Å²) in [5.74, 6) is -5.44. The van der Waals surface area contributed by atoms with E-state index in [0.29, 0.717) is 0 Å². The predicted molar refractivity (Wildman–Crippen MR) is 38.5 cm³/mol. The molecule has 0 aliphatic carbocycles. The molecule has 0 aromatic rings. The van der Waals surface area contributed by atoms with Gasteiger partial charge < -0.3 is 9.79 Å². The van der Waals surface area contributed by atoms with Crippen LogP contribution in [0.5, 0.6) is 0 Å². The molecule has 0 aliphatic rings. The van der Waals surface area contributed by atoms with E-state index in [9.17, 15) is 30.9 Å². The smallest absolute Gasteiger partial charge is 0.303 e. The Bertz CT molecular complexity index is 298. The normalized spacial score (nSPS) is 21.3. The van der Waals surface area contributed by atoms with Gasteiger partial charge in [0.25, 0.3) is 0 Å². The van der Waals surface area contributed by atoms with E-state index in [1.54, 1.807) is 0 Å². The van der Waals surface area contributed by atoms with E-state index in [2.05, 4.69) is 4.52 Å².